The van der Waals surface area contributed by atoms with E-state index in [1.807, 2.05) is 18.2 Å². The minimum atomic E-state index is 0.185. The molecule has 0 aromatic heterocycles. The number of ketones is 1. The van der Waals surface area contributed by atoms with Gasteiger partial charge < -0.3 is 4.74 Å². The molecule has 0 amide bonds. The number of benzene rings is 1. The normalized spacial score (nSPS) is 15.1. The summed E-state index contributed by atoms with van der Waals surface area (Å²) in [7, 11) is 0. The highest BCUT2D eigenvalue weighted by Gasteiger charge is 2.29. The van der Waals surface area contributed by atoms with E-state index in [2.05, 4.69) is 31.9 Å². The van der Waals surface area contributed by atoms with Crippen molar-refractivity contribution >= 4 is 37.6 Å². The zero-order valence-electron chi connectivity index (χ0n) is 8.00. The zero-order valence-corrected chi connectivity index (χ0v) is 11.2. The first-order valence-electron chi connectivity index (χ1n) is 4.77. The van der Waals surface area contributed by atoms with Crippen molar-refractivity contribution in [3.05, 3.63) is 27.1 Å². The van der Waals surface area contributed by atoms with Crippen LogP contribution in [0, 0.1) is 5.92 Å². The van der Waals surface area contributed by atoms with Crippen LogP contribution in [-0.2, 0) is 4.79 Å². The van der Waals surface area contributed by atoms with Gasteiger partial charge in [0.25, 0.3) is 0 Å². The van der Waals surface area contributed by atoms with E-state index in [0.29, 0.717) is 5.75 Å². The van der Waals surface area contributed by atoms with Crippen LogP contribution < -0.4 is 4.74 Å². The Morgan fingerprint density at radius 2 is 2.13 bits per heavy atom. The molecule has 1 aliphatic rings. The quantitative estimate of drug-likeness (QED) is 0.842. The molecule has 0 spiro atoms. The topological polar surface area (TPSA) is 26.3 Å². The molecule has 2 nitrogen and oxygen atoms in total. The molecule has 1 aromatic carbocycles. The van der Waals surface area contributed by atoms with Gasteiger partial charge in [-0.15, -0.1) is 0 Å². The Morgan fingerprint density at radius 1 is 1.40 bits per heavy atom. The number of carbonyl (C=O) groups excluding carboxylic acids is 1. The Kier molecular flexibility index (Phi) is 3.46. The third-order valence-corrected chi connectivity index (χ3v) is 3.41. The lowest BCUT2D eigenvalue weighted by atomic mass is 10.3. The molecule has 15 heavy (non-hydrogen) atoms. The molecule has 0 saturated heterocycles. The number of ether oxygens (including phenoxy) is 1. The van der Waals surface area contributed by atoms with E-state index < -0.39 is 0 Å². The zero-order chi connectivity index (χ0) is 10.8. The van der Waals surface area contributed by atoms with Gasteiger partial charge in [-0.1, -0.05) is 15.9 Å². The first-order chi connectivity index (χ1) is 7.16. The predicted molar refractivity (Wildman–Crippen MR) is 65.1 cm³/mol. The molecule has 1 saturated carbocycles. The summed E-state index contributed by atoms with van der Waals surface area (Å²) in [6.07, 6.45) is 2.06. The molecule has 0 heterocycles. The van der Waals surface area contributed by atoms with Gasteiger partial charge in [-0.05, 0) is 47.0 Å². The van der Waals surface area contributed by atoms with Gasteiger partial charge in [0.15, 0.2) is 5.78 Å². The molecule has 80 valence electrons. The molecule has 0 atom stereocenters. The highest BCUT2D eigenvalue weighted by molar-refractivity contribution is 9.11. The third kappa shape index (κ3) is 3.05. The van der Waals surface area contributed by atoms with Gasteiger partial charge in [0.2, 0.25) is 0 Å². The summed E-state index contributed by atoms with van der Waals surface area (Å²) in [4.78, 5) is 11.4. The molecule has 1 aliphatic carbocycles. The third-order valence-electron chi connectivity index (χ3n) is 2.30. The van der Waals surface area contributed by atoms with Crippen molar-refractivity contribution < 1.29 is 9.53 Å². The van der Waals surface area contributed by atoms with Crippen LogP contribution in [0.3, 0.4) is 0 Å². The van der Waals surface area contributed by atoms with Crippen molar-refractivity contribution in [3.8, 4) is 5.75 Å². The lowest BCUT2D eigenvalue weighted by molar-refractivity contribution is -0.122. The van der Waals surface area contributed by atoms with E-state index in [1.54, 1.807) is 0 Å². The van der Waals surface area contributed by atoms with Gasteiger partial charge in [0, 0.05) is 10.4 Å². The summed E-state index contributed by atoms with van der Waals surface area (Å²) < 4.78 is 7.28. The van der Waals surface area contributed by atoms with Gasteiger partial charge in [-0.2, -0.15) is 0 Å². The fourth-order valence-electron chi connectivity index (χ4n) is 1.26. The van der Waals surface area contributed by atoms with E-state index in [9.17, 15) is 4.79 Å². The number of halogens is 2. The second-order valence-electron chi connectivity index (χ2n) is 3.60. The standard InChI is InChI=1S/C11H10Br2O2/c12-8-3-4-11(9(13)5-8)15-6-10(14)7-1-2-7/h3-5,7H,1-2,6H2. The Morgan fingerprint density at radius 3 is 2.73 bits per heavy atom. The van der Waals surface area contributed by atoms with Crippen LogP contribution in [-0.4, -0.2) is 12.4 Å². The van der Waals surface area contributed by atoms with Crippen LogP contribution >= 0.6 is 31.9 Å². The van der Waals surface area contributed by atoms with Crippen LogP contribution in [0.2, 0.25) is 0 Å². The minimum absolute atomic E-state index is 0.185. The molecule has 0 radical (unpaired) electrons. The Labute approximate surface area is 105 Å². The van der Waals surface area contributed by atoms with Crippen molar-refractivity contribution in [2.75, 3.05) is 6.61 Å². The maximum absolute atomic E-state index is 11.4. The molecule has 1 aromatic rings. The fraction of sp³-hybridized carbons (Fsp3) is 0.364. The number of rotatable bonds is 4. The molecule has 0 unspecified atom stereocenters. The predicted octanol–water partition coefficient (Wildman–Crippen LogP) is 3.57. The van der Waals surface area contributed by atoms with Crippen molar-refractivity contribution in [2.24, 2.45) is 5.92 Å². The monoisotopic (exact) mass is 332 g/mol. The van der Waals surface area contributed by atoms with Gasteiger partial charge >= 0.3 is 0 Å². The first kappa shape index (κ1) is 11.1. The van der Waals surface area contributed by atoms with Crippen LogP contribution in [0.4, 0.5) is 0 Å². The highest BCUT2D eigenvalue weighted by atomic mass is 79.9. The second-order valence-corrected chi connectivity index (χ2v) is 5.37. The molecular weight excluding hydrogens is 324 g/mol. The summed E-state index contributed by atoms with van der Waals surface area (Å²) in [6, 6.07) is 5.63. The molecule has 0 bridgehead atoms. The van der Waals surface area contributed by atoms with E-state index >= 15 is 0 Å². The second kappa shape index (κ2) is 4.66. The Bertz CT molecular complexity index is 386. The van der Waals surface area contributed by atoms with E-state index in [1.165, 1.54) is 0 Å². The molecular formula is C11H10Br2O2. The van der Waals surface area contributed by atoms with E-state index in [4.69, 9.17) is 4.74 Å². The van der Waals surface area contributed by atoms with E-state index in [-0.39, 0.29) is 18.3 Å². The Balaban J connectivity index is 1.95. The molecule has 4 heteroatoms. The van der Waals surface area contributed by atoms with Crippen molar-refractivity contribution in [1.82, 2.24) is 0 Å². The van der Waals surface area contributed by atoms with Gasteiger partial charge in [-0.25, -0.2) is 0 Å². The SMILES string of the molecule is O=C(COc1ccc(Br)cc1Br)C1CC1. The number of Topliss-reactive ketones (excluding diaryl/α,β-unsaturated/α-hetero) is 1. The number of hydrogen-bond acceptors (Lipinski definition) is 2. The maximum Gasteiger partial charge on any atom is 0.173 e. The van der Waals surface area contributed by atoms with Crippen LogP contribution in [0.5, 0.6) is 5.75 Å². The maximum atomic E-state index is 11.4. The lowest BCUT2D eigenvalue weighted by Crippen LogP contribution is -2.12. The summed E-state index contributed by atoms with van der Waals surface area (Å²) in [6.45, 7) is 0.185. The van der Waals surface area contributed by atoms with Gasteiger partial charge in [0.1, 0.15) is 12.4 Å². The minimum Gasteiger partial charge on any atom is -0.485 e. The lowest BCUT2D eigenvalue weighted by Gasteiger charge is -2.07. The van der Waals surface area contributed by atoms with Gasteiger partial charge in [0.05, 0.1) is 4.47 Å². The Hall–Kier alpha value is -0.350. The van der Waals surface area contributed by atoms with Crippen molar-refractivity contribution in [1.29, 1.82) is 0 Å². The largest absolute Gasteiger partial charge is 0.485 e. The molecule has 1 fully saturated rings. The number of carbonyl (C=O) groups is 1. The molecule has 0 N–H and O–H groups in total. The van der Waals surface area contributed by atoms with Crippen LogP contribution in [0.1, 0.15) is 12.8 Å². The van der Waals surface area contributed by atoms with E-state index in [0.717, 1.165) is 21.8 Å². The average Bonchev–Trinajstić information content (AvgIpc) is 2.99. The van der Waals surface area contributed by atoms with Crippen molar-refractivity contribution in [2.45, 2.75) is 12.8 Å². The van der Waals surface area contributed by atoms with Crippen LogP contribution in [0.25, 0.3) is 0 Å². The first-order valence-corrected chi connectivity index (χ1v) is 6.36. The smallest absolute Gasteiger partial charge is 0.173 e. The summed E-state index contributed by atoms with van der Waals surface area (Å²) in [5, 5.41) is 0. The molecule has 2 rings (SSSR count). The number of hydrogen-bond donors (Lipinski definition) is 0. The average molecular weight is 334 g/mol. The fourth-order valence-corrected chi connectivity index (χ4v) is 2.43. The van der Waals surface area contributed by atoms with Crippen LogP contribution in [0.15, 0.2) is 27.1 Å². The van der Waals surface area contributed by atoms with Gasteiger partial charge in [-0.3, -0.25) is 4.79 Å². The summed E-state index contributed by atoms with van der Waals surface area (Å²) >= 11 is 6.74. The molecule has 0 aliphatic heterocycles. The summed E-state index contributed by atoms with van der Waals surface area (Å²) in [5.74, 6) is 1.19. The van der Waals surface area contributed by atoms with Crippen molar-refractivity contribution in [3.63, 3.8) is 0 Å². The summed E-state index contributed by atoms with van der Waals surface area (Å²) in [5.41, 5.74) is 0. The highest BCUT2D eigenvalue weighted by Crippen LogP contribution is 2.31.